The Morgan fingerprint density at radius 1 is 1.25 bits per heavy atom. The van der Waals surface area contributed by atoms with Gasteiger partial charge in [0.1, 0.15) is 10.8 Å². The van der Waals surface area contributed by atoms with Crippen molar-refractivity contribution in [3.8, 4) is 0 Å². The number of nitrogens with zero attached hydrogens (tertiary/aromatic N) is 3. The summed E-state index contributed by atoms with van der Waals surface area (Å²) in [6.45, 7) is 2.05. The zero-order valence-corrected chi connectivity index (χ0v) is 11.7. The van der Waals surface area contributed by atoms with E-state index in [4.69, 9.17) is 5.84 Å². The lowest BCUT2D eigenvalue weighted by atomic mass is 10.2. The minimum Gasteiger partial charge on any atom is -0.360 e. The molecule has 4 N–H and O–H groups in total. The van der Waals surface area contributed by atoms with Crippen LogP contribution in [0.25, 0.3) is 10.9 Å². The number of thiazole rings is 1. The molecule has 0 bridgehead atoms. The Hall–Kier alpha value is -2.25. The van der Waals surface area contributed by atoms with Crippen LogP contribution in [0.15, 0.2) is 35.8 Å². The van der Waals surface area contributed by atoms with Crippen LogP contribution in [-0.2, 0) is 0 Å². The molecule has 1 unspecified atom stereocenters. The zero-order chi connectivity index (χ0) is 13.9. The summed E-state index contributed by atoms with van der Waals surface area (Å²) in [6.07, 6.45) is 1.79. The molecule has 7 heteroatoms. The number of rotatable bonds is 4. The van der Waals surface area contributed by atoms with Crippen LogP contribution in [0.5, 0.6) is 0 Å². The molecule has 6 nitrogen and oxygen atoms in total. The van der Waals surface area contributed by atoms with E-state index < -0.39 is 0 Å². The van der Waals surface area contributed by atoms with Crippen LogP contribution in [0.1, 0.15) is 18.0 Å². The van der Waals surface area contributed by atoms with E-state index in [9.17, 15) is 0 Å². The minimum absolute atomic E-state index is 0.0685. The SMILES string of the molecule is CC(Nc1nc(NN)nc2ccccc12)c1nccs1. The van der Waals surface area contributed by atoms with Gasteiger partial charge in [-0.3, -0.25) is 5.43 Å². The number of nitrogen functional groups attached to an aromatic ring is 1. The third kappa shape index (κ3) is 2.40. The van der Waals surface area contributed by atoms with E-state index in [1.54, 1.807) is 17.5 Å². The average Bonchev–Trinajstić information content (AvgIpc) is 3.01. The summed E-state index contributed by atoms with van der Waals surface area (Å²) < 4.78 is 0. The highest BCUT2D eigenvalue weighted by Crippen LogP contribution is 2.26. The maximum absolute atomic E-state index is 5.42. The molecule has 1 atom stereocenters. The van der Waals surface area contributed by atoms with Crippen LogP contribution in [0, 0.1) is 0 Å². The van der Waals surface area contributed by atoms with Gasteiger partial charge in [-0.2, -0.15) is 4.98 Å². The zero-order valence-electron chi connectivity index (χ0n) is 10.9. The molecule has 102 valence electrons. The Morgan fingerprint density at radius 2 is 2.10 bits per heavy atom. The molecule has 0 aliphatic carbocycles. The minimum atomic E-state index is 0.0685. The molecule has 1 aromatic carbocycles. The smallest absolute Gasteiger partial charge is 0.239 e. The van der Waals surface area contributed by atoms with Crippen molar-refractivity contribution in [1.29, 1.82) is 0 Å². The first kappa shape index (κ1) is 12.8. The van der Waals surface area contributed by atoms with Crippen LogP contribution >= 0.6 is 11.3 Å². The molecule has 2 aromatic heterocycles. The lowest BCUT2D eigenvalue weighted by Crippen LogP contribution is -2.14. The van der Waals surface area contributed by atoms with Gasteiger partial charge in [0.05, 0.1) is 11.6 Å². The van der Waals surface area contributed by atoms with Gasteiger partial charge in [-0.25, -0.2) is 15.8 Å². The molecule has 0 radical (unpaired) electrons. The average molecular weight is 286 g/mol. The Labute approximate surface area is 120 Å². The van der Waals surface area contributed by atoms with Gasteiger partial charge in [0, 0.05) is 17.0 Å². The van der Waals surface area contributed by atoms with Gasteiger partial charge in [0.25, 0.3) is 0 Å². The van der Waals surface area contributed by atoms with Gasteiger partial charge in [0.15, 0.2) is 0 Å². The summed E-state index contributed by atoms with van der Waals surface area (Å²) in [6, 6.07) is 7.87. The summed E-state index contributed by atoms with van der Waals surface area (Å²) in [4.78, 5) is 13.0. The van der Waals surface area contributed by atoms with Gasteiger partial charge in [-0.15, -0.1) is 11.3 Å². The number of nitrogens with one attached hydrogen (secondary N) is 2. The predicted octanol–water partition coefficient (Wildman–Crippen LogP) is 2.54. The van der Waals surface area contributed by atoms with E-state index in [-0.39, 0.29) is 6.04 Å². The monoisotopic (exact) mass is 286 g/mol. The van der Waals surface area contributed by atoms with Gasteiger partial charge in [-0.1, -0.05) is 12.1 Å². The summed E-state index contributed by atoms with van der Waals surface area (Å²) >= 11 is 1.61. The van der Waals surface area contributed by atoms with E-state index in [1.165, 1.54) is 0 Å². The van der Waals surface area contributed by atoms with E-state index in [0.29, 0.717) is 5.95 Å². The van der Waals surface area contributed by atoms with E-state index >= 15 is 0 Å². The molecule has 0 aliphatic rings. The number of aromatic nitrogens is 3. The molecule has 0 aliphatic heterocycles. The quantitative estimate of drug-likeness (QED) is 0.504. The van der Waals surface area contributed by atoms with E-state index in [2.05, 4.69) is 25.7 Å². The topological polar surface area (TPSA) is 88.8 Å². The molecule has 0 fully saturated rings. The highest BCUT2D eigenvalue weighted by Gasteiger charge is 2.12. The van der Waals surface area contributed by atoms with E-state index in [0.717, 1.165) is 21.7 Å². The van der Waals surface area contributed by atoms with Crippen LogP contribution in [0.4, 0.5) is 11.8 Å². The van der Waals surface area contributed by atoms with Crippen molar-refractivity contribution in [1.82, 2.24) is 15.0 Å². The van der Waals surface area contributed by atoms with Gasteiger partial charge < -0.3 is 5.32 Å². The molecule has 0 amide bonds. The van der Waals surface area contributed by atoms with E-state index in [1.807, 2.05) is 36.6 Å². The molecule has 0 saturated heterocycles. The molecular weight excluding hydrogens is 272 g/mol. The lowest BCUT2D eigenvalue weighted by molar-refractivity contribution is 0.862. The molecule has 0 saturated carbocycles. The second-order valence-electron chi connectivity index (χ2n) is 4.29. The molecule has 0 spiro atoms. The largest absolute Gasteiger partial charge is 0.360 e. The normalized spacial score (nSPS) is 12.3. The summed E-state index contributed by atoms with van der Waals surface area (Å²) in [5.74, 6) is 6.55. The molecular formula is C13H14N6S. The number of nitrogens with two attached hydrogens (primary N) is 1. The summed E-state index contributed by atoms with van der Waals surface area (Å²) in [7, 11) is 0. The van der Waals surface area contributed by atoms with Gasteiger partial charge in [0.2, 0.25) is 5.95 Å². The first-order chi connectivity index (χ1) is 9.78. The van der Waals surface area contributed by atoms with Crippen molar-refractivity contribution in [3.05, 3.63) is 40.8 Å². The highest BCUT2D eigenvalue weighted by atomic mass is 32.1. The second-order valence-corrected chi connectivity index (χ2v) is 5.22. The number of anilines is 2. The molecule has 2 heterocycles. The fourth-order valence-corrected chi connectivity index (χ4v) is 2.61. The van der Waals surface area contributed by atoms with Gasteiger partial charge in [-0.05, 0) is 19.1 Å². The Kier molecular flexibility index (Phi) is 3.44. The predicted molar refractivity (Wildman–Crippen MR) is 81.5 cm³/mol. The van der Waals surface area contributed by atoms with Crippen LogP contribution in [-0.4, -0.2) is 15.0 Å². The number of fused-ring (bicyclic) bond motifs is 1. The van der Waals surface area contributed by atoms with Crippen LogP contribution < -0.4 is 16.6 Å². The molecule has 20 heavy (non-hydrogen) atoms. The van der Waals surface area contributed by atoms with Gasteiger partial charge >= 0.3 is 0 Å². The number of benzene rings is 1. The number of hydrogen-bond acceptors (Lipinski definition) is 7. The highest BCUT2D eigenvalue weighted by molar-refractivity contribution is 7.09. The second kappa shape index (κ2) is 5.40. The fourth-order valence-electron chi connectivity index (χ4n) is 1.97. The van der Waals surface area contributed by atoms with Crippen molar-refractivity contribution in [3.63, 3.8) is 0 Å². The fraction of sp³-hybridized carbons (Fsp3) is 0.154. The first-order valence-corrected chi connectivity index (χ1v) is 7.05. The Morgan fingerprint density at radius 3 is 2.85 bits per heavy atom. The van der Waals surface area contributed by atoms with Crippen molar-refractivity contribution < 1.29 is 0 Å². The Bertz CT molecular complexity index is 712. The molecule has 3 rings (SSSR count). The van der Waals surface area contributed by atoms with Crippen LogP contribution in [0.2, 0.25) is 0 Å². The molecule has 3 aromatic rings. The number of hydrogen-bond donors (Lipinski definition) is 3. The first-order valence-electron chi connectivity index (χ1n) is 6.17. The standard InChI is InChI=1S/C13H14N6S/c1-8(12-15-6-7-20-12)16-11-9-4-2-3-5-10(9)17-13(18-11)19-14/h2-8H,14H2,1H3,(H2,16,17,18,19). The maximum Gasteiger partial charge on any atom is 0.239 e. The van der Waals surface area contributed by atoms with Crippen molar-refractivity contribution in [2.75, 3.05) is 10.7 Å². The third-order valence-corrected chi connectivity index (χ3v) is 3.87. The lowest BCUT2D eigenvalue weighted by Gasteiger charge is -2.14. The summed E-state index contributed by atoms with van der Waals surface area (Å²) in [5.41, 5.74) is 3.33. The Balaban J connectivity index is 2.01. The van der Waals surface area contributed by atoms with Crippen molar-refractivity contribution in [2.24, 2.45) is 5.84 Å². The van der Waals surface area contributed by atoms with Crippen molar-refractivity contribution >= 4 is 34.0 Å². The van der Waals surface area contributed by atoms with Crippen molar-refractivity contribution in [2.45, 2.75) is 13.0 Å². The number of hydrazine groups is 1. The third-order valence-electron chi connectivity index (χ3n) is 2.91. The maximum atomic E-state index is 5.42. The number of para-hydroxylation sites is 1. The summed E-state index contributed by atoms with van der Waals surface area (Å²) in [5, 5.41) is 7.28. The van der Waals surface area contributed by atoms with Crippen LogP contribution in [0.3, 0.4) is 0 Å².